The molecule has 0 fully saturated rings. The van der Waals surface area contributed by atoms with Gasteiger partial charge in [-0.3, -0.25) is 5.41 Å². The maximum Gasteiger partial charge on any atom is 0.100 e. The molecule has 1 aliphatic rings. The van der Waals surface area contributed by atoms with Crippen LogP contribution in [0.5, 0.6) is 0 Å². The van der Waals surface area contributed by atoms with Crippen LogP contribution in [-0.4, -0.2) is 60.2 Å². The van der Waals surface area contributed by atoms with Gasteiger partial charge < -0.3 is 14.7 Å². The van der Waals surface area contributed by atoms with Crippen molar-refractivity contribution in [3.05, 3.63) is 36.3 Å². The van der Waals surface area contributed by atoms with E-state index in [0.717, 1.165) is 56.7 Å². The molecule has 0 bridgehead atoms. The highest BCUT2D eigenvalue weighted by Crippen LogP contribution is 2.23. The van der Waals surface area contributed by atoms with E-state index in [1.807, 2.05) is 0 Å². The molecule has 136 valence electrons. The summed E-state index contributed by atoms with van der Waals surface area (Å²) in [6, 6.07) is 0.395. The number of hydrogen-bond acceptors (Lipinski definition) is 4. The Kier molecular flexibility index (Phi) is 8.83. The van der Waals surface area contributed by atoms with Crippen molar-refractivity contribution in [2.24, 2.45) is 0 Å². The average Bonchev–Trinajstić information content (AvgIpc) is 2.59. The van der Waals surface area contributed by atoms with Gasteiger partial charge in [0.05, 0.1) is 11.4 Å². The molecule has 1 rings (SSSR count). The van der Waals surface area contributed by atoms with Crippen LogP contribution in [0.25, 0.3) is 0 Å². The van der Waals surface area contributed by atoms with Gasteiger partial charge in [0.1, 0.15) is 5.71 Å². The smallest absolute Gasteiger partial charge is 0.100 e. The number of nitrogens with one attached hydrogen (secondary N) is 1. The van der Waals surface area contributed by atoms with Crippen molar-refractivity contribution in [1.82, 2.24) is 14.7 Å². The monoisotopic (exact) mass is 332 g/mol. The molecule has 0 aromatic rings. The van der Waals surface area contributed by atoms with Crippen molar-refractivity contribution in [2.45, 2.75) is 52.5 Å². The Morgan fingerprint density at radius 2 is 2.00 bits per heavy atom. The Morgan fingerprint density at radius 1 is 1.29 bits per heavy atom. The molecule has 4 nitrogen and oxygen atoms in total. The fourth-order valence-corrected chi connectivity index (χ4v) is 2.71. The van der Waals surface area contributed by atoms with Gasteiger partial charge in [-0.15, -0.1) is 0 Å². The van der Waals surface area contributed by atoms with E-state index >= 15 is 0 Å². The number of allylic oxidation sites excluding steroid dienone is 2. The molecule has 0 saturated heterocycles. The van der Waals surface area contributed by atoms with Gasteiger partial charge in [0.15, 0.2) is 0 Å². The molecule has 0 amide bonds. The summed E-state index contributed by atoms with van der Waals surface area (Å²) in [6.07, 6.45) is 10.7. The van der Waals surface area contributed by atoms with E-state index in [0.29, 0.717) is 11.8 Å². The molecule has 1 atom stereocenters. The van der Waals surface area contributed by atoms with Crippen LogP contribution in [0.4, 0.5) is 0 Å². The maximum atomic E-state index is 8.74. The third kappa shape index (κ3) is 5.82. The lowest BCUT2D eigenvalue weighted by Crippen LogP contribution is -2.38. The highest BCUT2D eigenvalue weighted by atomic mass is 15.2. The van der Waals surface area contributed by atoms with E-state index in [-0.39, 0.29) is 0 Å². The molecular weight excluding hydrogens is 296 g/mol. The molecule has 0 spiro atoms. The minimum atomic E-state index is 0.395. The van der Waals surface area contributed by atoms with Crippen LogP contribution in [0.15, 0.2) is 36.3 Å². The van der Waals surface area contributed by atoms with Gasteiger partial charge in [-0.05, 0) is 40.3 Å². The zero-order valence-electron chi connectivity index (χ0n) is 16.3. The lowest BCUT2D eigenvalue weighted by molar-refractivity contribution is 0.294. The largest absolute Gasteiger partial charge is 0.369 e. The third-order valence-electron chi connectivity index (χ3n) is 4.58. The summed E-state index contributed by atoms with van der Waals surface area (Å²) in [5, 5.41) is 8.74. The van der Waals surface area contributed by atoms with Crippen LogP contribution < -0.4 is 0 Å². The summed E-state index contributed by atoms with van der Waals surface area (Å²) >= 11 is 0. The third-order valence-corrected chi connectivity index (χ3v) is 4.58. The second-order valence-corrected chi connectivity index (χ2v) is 6.84. The van der Waals surface area contributed by atoms with Crippen molar-refractivity contribution in [3.63, 3.8) is 0 Å². The number of nitrogens with zero attached hydrogens (tertiary/aromatic N) is 3. The fraction of sp³-hybridized carbons (Fsp3) is 0.650. The molecule has 0 aromatic heterocycles. The topological polar surface area (TPSA) is 33.6 Å². The second kappa shape index (κ2) is 10.3. The molecule has 0 aliphatic carbocycles. The normalized spacial score (nSPS) is 15.4. The first-order chi connectivity index (χ1) is 11.4. The highest BCUT2D eigenvalue weighted by Gasteiger charge is 2.22. The summed E-state index contributed by atoms with van der Waals surface area (Å²) in [5.41, 5.74) is 2.41. The van der Waals surface area contributed by atoms with Gasteiger partial charge >= 0.3 is 0 Å². The van der Waals surface area contributed by atoms with E-state index in [9.17, 15) is 0 Å². The van der Waals surface area contributed by atoms with Crippen molar-refractivity contribution in [1.29, 1.82) is 5.41 Å². The number of unbranched alkanes of at least 4 members (excludes halogenated alkanes) is 1. The van der Waals surface area contributed by atoms with Gasteiger partial charge in [-0.2, -0.15) is 0 Å². The van der Waals surface area contributed by atoms with Crippen molar-refractivity contribution < 1.29 is 0 Å². The minimum absolute atomic E-state index is 0.395. The zero-order valence-corrected chi connectivity index (χ0v) is 16.3. The Hall–Kier alpha value is -1.55. The Balaban J connectivity index is 2.87. The summed E-state index contributed by atoms with van der Waals surface area (Å²) in [5.74, 6) is 0. The number of hydrogen-bond donors (Lipinski definition) is 1. The maximum absolute atomic E-state index is 8.74. The van der Waals surface area contributed by atoms with E-state index in [2.05, 4.69) is 74.5 Å². The van der Waals surface area contributed by atoms with E-state index in [4.69, 9.17) is 5.41 Å². The second-order valence-electron chi connectivity index (χ2n) is 6.84. The summed E-state index contributed by atoms with van der Waals surface area (Å²) < 4.78 is 0. The molecule has 4 heteroatoms. The predicted octanol–water partition coefficient (Wildman–Crippen LogP) is 4.09. The summed E-state index contributed by atoms with van der Waals surface area (Å²) in [4.78, 5) is 6.69. The zero-order chi connectivity index (χ0) is 18.1. The minimum Gasteiger partial charge on any atom is -0.369 e. The Morgan fingerprint density at radius 3 is 2.58 bits per heavy atom. The lowest BCUT2D eigenvalue weighted by Gasteiger charge is -2.35. The number of likely N-dealkylation sites (N-methyl/N-ethyl adjacent to an activating group) is 1. The average molecular weight is 333 g/mol. The molecule has 24 heavy (non-hydrogen) atoms. The van der Waals surface area contributed by atoms with E-state index < -0.39 is 0 Å². The van der Waals surface area contributed by atoms with Gasteiger partial charge in [0.2, 0.25) is 0 Å². The molecule has 1 heterocycles. The van der Waals surface area contributed by atoms with Gasteiger partial charge in [-0.25, -0.2) is 0 Å². The Labute approximate surface area is 149 Å². The first kappa shape index (κ1) is 20.5. The van der Waals surface area contributed by atoms with Crippen molar-refractivity contribution >= 4 is 5.71 Å². The van der Waals surface area contributed by atoms with Crippen molar-refractivity contribution in [2.75, 3.05) is 33.7 Å². The standard InChI is InChI=1S/C20H36N4/c1-7-9-13-23(16-15-22(5)6)18(4)20(21)19-12-10-11-14-24(19)17(3)8-2/h11-12,14,17,21H,4,7-10,13,15-16H2,1-3,5-6H3. The van der Waals surface area contributed by atoms with E-state index in [1.165, 1.54) is 0 Å². The molecule has 0 aromatic carbocycles. The highest BCUT2D eigenvalue weighted by molar-refractivity contribution is 6.09. The Bertz CT molecular complexity index is 476. The molecule has 1 unspecified atom stereocenters. The lowest BCUT2D eigenvalue weighted by atomic mass is 10.1. The van der Waals surface area contributed by atoms with E-state index in [1.54, 1.807) is 0 Å². The van der Waals surface area contributed by atoms with Gasteiger partial charge in [0.25, 0.3) is 0 Å². The van der Waals surface area contributed by atoms with Gasteiger partial charge in [-0.1, -0.05) is 39.0 Å². The summed E-state index contributed by atoms with van der Waals surface area (Å²) in [7, 11) is 4.18. The molecule has 1 aliphatic heterocycles. The molecular formula is C20H36N4. The van der Waals surface area contributed by atoms with Crippen LogP contribution in [0.2, 0.25) is 0 Å². The molecule has 1 N–H and O–H groups in total. The summed E-state index contributed by atoms with van der Waals surface area (Å²) in [6.45, 7) is 13.7. The van der Waals surface area contributed by atoms with Crippen LogP contribution in [0.3, 0.4) is 0 Å². The van der Waals surface area contributed by atoms with Crippen LogP contribution in [0.1, 0.15) is 46.5 Å². The quantitative estimate of drug-likeness (QED) is 0.579. The van der Waals surface area contributed by atoms with Crippen LogP contribution >= 0.6 is 0 Å². The fourth-order valence-electron chi connectivity index (χ4n) is 2.71. The van der Waals surface area contributed by atoms with Crippen LogP contribution in [-0.2, 0) is 0 Å². The molecule has 0 radical (unpaired) electrons. The van der Waals surface area contributed by atoms with Crippen LogP contribution in [0, 0.1) is 5.41 Å². The predicted molar refractivity (Wildman–Crippen MR) is 105 cm³/mol. The van der Waals surface area contributed by atoms with Gasteiger partial charge in [0, 0.05) is 31.9 Å². The van der Waals surface area contributed by atoms with Crippen molar-refractivity contribution in [3.8, 4) is 0 Å². The SMILES string of the molecule is C=C(C(=N)C1=CCC=CN1C(C)CC)N(CCCC)CCN(C)C. The first-order valence-electron chi connectivity index (χ1n) is 9.25. The first-order valence-corrected chi connectivity index (χ1v) is 9.25. The molecule has 0 saturated carbocycles. The number of rotatable bonds is 11.